The van der Waals surface area contributed by atoms with Crippen LogP contribution < -0.4 is 4.74 Å². The Bertz CT molecular complexity index is 1240. The van der Waals surface area contributed by atoms with Crippen molar-refractivity contribution in [2.75, 3.05) is 13.1 Å². The second kappa shape index (κ2) is 9.27. The molecule has 5 rings (SSSR count). The summed E-state index contributed by atoms with van der Waals surface area (Å²) in [4.78, 5) is 26.2. The van der Waals surface area contributed by atoms with Gasteiger partial charge in [-0.1, -0.05) is 60.7 Å². The highest BCUT2D eigenvalue weighted by molar-refractivity contribution is 6.01. The molecule has 2 heterocycles. The molecule has 5 nitrogen and oxygen atoms in total. The highest BCUT2D eigenvalue weighted by Crippen LogP contribution is 2.40. The van der Waals surface area contributed by atoms with Gasteiger partial charge in [-0.3, -0.25) is 9.69 Å². The number of fused-ring (bicyclic) bond motifs is 1. The van der Waals surface area contributed by atoms with Crippen molar-refractivity contribution in [3.05, 3.63) is 95.6 Å². The molecular weight excluding hydrogens is 426 g/mol. The van der Waals surface area contributed by atoms with Crippen LogP contribution in [0.2, 0.25) is 0 Å². The van der Waals surface area contributed by atoms with Crippen LogP contribution in [-0.4, -0.2) is 40.4 Å². The highest BCUT2D eigenvalue weighted by Gasteiger charge is 2.42. The fourth-order valence-electron chi connectivity index (χ4n) is 4.98. The predicted molar refractivity (Wildman–Crippen MR) is 132 cm³/mol. The van der Waals surface area contributed by atoms with Gasteiger partial charge < -0.3 is 9.84 Å². The number of ether oxygens (including phenoxy) is 1. The van der Waals surface area contributed by atoms with E-state index in [0.717, 1.165) is 38.6 Å². The van der Waals surface area contributed by atoms with E-state index in [0.29, 0.717) is 23.3 Å². The minimum atomic E-state index is -1.02. The van der Waals surface area contributed by atoms with Crippen LogP contribution in [0, 0.1) is 0 Å². The van der Waals surface area contributed by atoms with E-state index in [9.17, 15) is 9.59 Å². The first-order valence-corrected chi connectivity index (χ1v) is 11.6. The molecule has 0 bridgehead atoms. The Morgan fingerprint density at radius 2 is 1.71 bits per heavy atom. The number of carboxylic acid groups (broad SMARTS) is 1. The number of carboxylic acids is 1. The lowest BCUT2D eigenvalue weighted by atomic mass is 9.82. The number of ketones is 1. The Morgan fingerprint density at radius 3 is 2.47 bits per heavy atom. The van der Waals surface area contributed by atoms with Crippen LogP contribution in [0.1, 0.15) is 40.7 Å². The number of benzene rings is 3. The lowest BCUT2D eigenvalue weighted by Gasteiger charge is -2.44. The first-order valence-electron chi connectivity index (χ1n) is 11.6. The van der Waals surface area contributed by atoms with Crippen molar-refractivity contribution < 1.29 is 19.4 Å². The van der Waals surface area contributed by atoms with Crippen LogP contribution in [0.5, 0.6) is 5.75 Å². The van der Waals surface area contributed by atoms with Gasteiger partial charge in [0.15, 0.2) is 5.78 Å². The third-order valence-corrected chi connectivity index (χ3v) is 6.79. The monoisotopic (exact) mass is 453 g/mol. The van der Waals surface area contributed by atoms with Gasteiger partial charge in [-0.05, 0) is 40.5 Å². The topological polar surface area (TPSA) is 66.8 Å². The molecular formula is C29H27NO4. The molecule has 0 aliphatic carbocycles. The maximum Gasteiger partial charge on any atom is 0.328 e. The lowest BCUT2D eigenvalue weighted by Crippen LogP contribution is -2.50. The number of nitrogens with zero attached hydrogens (tertiary/aromatic N) is 1. The minimum absolute atomic E-state index is 0.0645. The fraction of sp³-hybridized carbons (Fsp3) is 0.241. The predicted octanol–water partition coefficient (Wildman–Crippen LogP) is 5.45. The van der Waals surface area contributed by atoms with E-state index in [1.807, 2.05) is 6.07 Å². The van der Waals surface area contributed by atoms with E-state index in [-0.39, 0.29) is 5.78 Å². The van der Waals surface area contributed by atoms with Crippen LogP contribution >= 0.6 is 0 Å². The van der Waals surface area contributed by atoms with E-state index in [4.69, 9.17) is 9.84 Å². The summed E-state index contributed by atoms with van der Waals surface area (Å²) in [6.07, 6.45) is 4.52. The third-order valence-electron chi connectivity index (χ3n) is 6.79. The van der Waals surface area contributed by atoms with Crippen molar-refractivity contribution in [1.82, 2.24) is 4.90 Å². The van der Waals surface area contributed by atoms with Crippen LogP contribution in [0.15, 0.2) is 78.9 Å². The lowest BCUT2D eigenvalue weighted by molar-refractivity contribution is -0.131. The molecule has 3 aromatic rings. The zero-order chi connectivity index (χ0) is 23.5. The van der Waals surface area contributed by atoms with E-state index in [2.05, 4.69) is 53.4 Å². The summed E-state index contributed by atoms with van der Waals surface area (Å²) in [7, 11) is 0. The number of carbonyl (C=O) groups excluding carboxylic acids is 1. The molecule has 5 heteroatoms. The van der Waals surface area contributed by atoms with Gasteiger partial charge in [0.05, 0.1) is 12.0 Å². The summed E-state index contributed by atoms with van der Waals surface area (Å²) in [5, 5.41) is 8.84. The molecule has 3 aromatic carbocycles. The maximum atomic E-state index is 13.0. The van der Waals surface area contributed by atoms with Crippen LogP contribution in [-0.2, 0) is 11.3 Å². The number of Topliss-reactive ketones (excluding diaryl/α,β-unsaturated/α-hetero) is 1. The summed E-state index contributed by atoms with van der Waals surface area (Å²) in [5.41, 5.74) is 4.55. The molecule has 1 fully saturated rings. The molecule has 0 aromatic heterocycles. The quantitative estimate of drug-likeness (QED) is 0.520. The molecule has 2 aliphatic heterocycles. The van der Waals surface area contributed by atoms with Gasteiger partial charge in [0, 0.05) is 38.6 Å². The Labute approximate surface area is 199 Å². The number of aliphatic carboxylic acids is 1. The molecule has 0 amide bonds. The Balaban J connectivity index is 1.27. The number of piperidine rings is 1. The zero-order valence-corrected chi connectivity index (χ0v) is 18.9. The van der Waals surface area contributed by atoms with Crippen molar-refractivity contribution in [2.45, 2.75) is 31.4 Å². The van der Waals surface area contributed by atoms with Crippen LogP contribution in [0.25, 0.3) is 17.2 Å². The Kier molecular flexibility index (Phi) is 6.03. The minimum Gasteiger partial charge on any atom is -0.486 e. The Morgan fingerprint density at radius 1 is 0.971 bits per heavy atom. The zero-order valence-electron chi connectivity index (χ0n) is 18.9. The molecule has 172 valence electrons. The second-order valence-corrected chi connectivity index (χ2v) is 9.11. The standard InChI is InChI=1S/C29H27NO4/c31-26-19-29(34-27-12-10-21(18-25(26)27)11-13-28(32)33)14-16-30(17-15-29)20-23-8-4-5-9-24(23)22-6-2-1-3-7-22/h1-13,18H,14-17,19-20H2,(H,32,33). The largest absolute Gasteiger partial charge is 0.486 e. The summed E-state index contributed by atoms with van der Waals surface area (Å²) in [6, 6.07) is 24.3. The summed E-state index contributed by atoms with van der Waals surface area (Å²) in [5.74, 6) is -0.348. The van der Waals surface area contributed by atoms with Crippen molar-refractivity contribution in [1.29, 1.82) is 0 Å². The van der Waals surface area contributed by atoms with Gasteiger partial charge in [0.1, 0.15) is 11.4 Å². The van der Waals surface area contributed by atoms with Gasteiger partial charge in [-0.2, -0.15) is 0 Å². The maximum absolute atomic E-state index is 13.0. The molecule has 0 saturated carbocycles. The number of rotatable bonds is 5. The fourth-order valence-corrected chi connectivity index (χ4v) is 4.98. The van der Waals surface area contributed by atoms with E-state index >= 15 is 0 Å². The first kappa shape index (κ1) is 22.1. The molecule has 1 spiro atoms. The van der Waals surface area contributed by atoms with E-state index in [1.54, 1.807) is 18.2 Å². The van der Waals surface area contributed by atoms with Crippen molar-refractivity contribution >= 4 is 17.8 Å². The van der Waals surface area contributed by atoms with Gasteiger partial charge in [-0.15, -0.1) is 0 Å². The average Bonchev–Trinajstić information content (AvgIpc) is 2.85. The van der Waals surface area contributed by atoms with Crippen molar-refractivity contribution in [3.63, 3.8) is 0 Å². The summed E-state index contributed by atoms with van der Waals surface area (Å²) >= 11 is 0. The SMILES string of the molecule is O=C(O)C=Cc1ccc2c(c1)C(=O)CC1(CCN(Cc3ccccc3-c3ccccc3)CC1)O2. The van der Waals surface area contributed by atoms with Crippen molar-refractivity contribution in [2.24, 2.45) is 0 Å². The average molecular weight is 454 g/mol. The van der Waals surface area contributed by atoms with Crippen LogP contribution in [0.3, 0.4) is 0 Å². The van der Waals surface area contributed by atoms with Gasteiger partial charge in [0.2, 0.25) is 0 Å². The Hall–Kier alpha value is -3.70. The summed E-state index contributed by atoms with van der Waals surface area (Å²) < 4.78 is 6.42. The molecule has 2 aliphatic rings. The van der Waals surface area contributed by atoms with Crippen molar-refractivity contribution in [3.8, 4) is 16.9 Å². The molecule has 34 heavy (non-hydrogen) atoms. The first-order chi connectivity index (χ1) is 16.5. The van der Waals surface area contributed by atoms with Gasteiger partial charge >= 0.3 is 5.97 Å². The number of likely N-dealkylation sites (tertiary alicyclic amines) is 1. The smallest absolute Gasteiger partial charge is 0.328 e. The molecule has 1 N–H and O–H groups in total. The summed E-state index contributed by atoms with van der Waals surface area (Å²) in [6.45, 7) is 2.60. The number of hydrogen-bond acceptors (Lipinski definition) is 4. The molecule has 1 saturated heterocycles. The van der Waals surface area contributed by atoms with E-state index < -0.39 is 11.6 Å². The molecule has 0 unspecified atom stereocenters. The normalized spacial score (nSPS) is 17.5. The highest BCUT2D eigenvalue weighted by atomic mass is 16.5. The molecule has 0 atom stereocenters. The van der Waals surface area contributed by atoms with Crippen LogP contribution in [0.4, 0.5) is 0 Å². The second-order valence-electron chi connectivity index (χ2n) is 9.11. The number of carbonyl (C=O) groups is 2. The molecule has 0 radical (unpaired) electrons. The third kappa shape index (κ3) is 4.66. The van der Waals surface area contributed by atoms with Gasteiger partial charge in [0.25, 0.3) is 0 Å². The van der Waals surface area contributed by atoms with Gasteiger partial charge in [-0.25, -0.2) is 4.79 Å². The van der Waals surface area contributed by atoms with E-state index in [1.165, 1.54) is 22.8 Å². The number of hydrogen-bond donors (Lipinski definition) is 1.